The van der Waals surface area contributed by atoms with Gasteiger partial charge in [-0.2, -0.15) is 0 Å². The van der Waals surface area contributed by atoms with Crippen LogP contribution in [-0.2, 0) is 0 Å². The summed E-state index contributed by atoms with van der Waals surface area (Å²) in [7, 11) is 0. The van der Waals surface area contributed by atoms with Crippen LogP contribution < -0.4 is 0 Å². The number of hydrogen-bond donors (Lipinski definition) is 0. The minimum Gasteiger partial charge on any atom is -0.0988 e. The zero-order valence-corrected chi connectivity index (χ0v) is 16.5. The maximum absolute atomic E-state index is 3.61. The van der Waals surface area contributed by atoms with Crippen LogP contribution in [0.3, 0.4) is 0 Å². The molecule has 0 heterocycles. The Hall–Kier alpha value is -2.08. The zero-order valence-electron chi connectivity index (χ0n) is 16.5. The predicted molar refractivity (Wildman–Crippen MR) is 114 cm³/mol. The first kappa shape index (κ1) is 24.2. The first-order chi connectivity index (χ1) is 11.7. The summed E-state index contributed by atoms with van der Waals surface area (Å²) in [5.41, 5.74) is 3.83. The summed E-state index contributed by atoms with van der Waals surface area (Å²) in [6.45, 7) is 16.0. The Balaban J connectivity index is 0. The molecule has 0 aromatic heterocycles. The molecule has 0 nitrogen and oxygen atoms in total. The second-order valence-corrected chi connectivity index (χ2v) is 4.88. The van der Waals surface area contributed by atoms with Crippen LogP contribution in [0.4, 0.5) is 0 Å². The second-order valence-electron chi connectivity index (χ2n) is 4.88. The fourth-order valence-corrected chi connectivity index (χ4v) is 1.69. The smallest absolute Gasteiger partial charge is 0.0187 e. The number of allylic oxidation sites excluding steroid dienone is 9. The first-order valence-electron chi connectivity index (χ1n) is 9.03. The third kappa shape index (κ3) is 13.6. The third-order valence-electron chi connectivity index (χ3n) is 2.94. The van der Waals surface area contributed by atoms with Gasteiger partial charge in [-0.25, -0.2) is 0 Å². The molecular weight excluding hydrogens is 288 g/mol. The molecule has 0 saturated carbocycles. The molecular formula is C24H36. The highest BCUT2D eigenvalue weighted by atomic mass is 14.0. The lowest BCUT2D eigenvalue weighted by atomic mass is 10.0. The number of benzene rings is 1. The lowest BCUT2D eigenvalue weighted by molar-refractivity contribution is 1.21. The van der Waals surface area contributed by atoms with Crippen molar-refractivity contribution >= 4 is 5.57 Å². The van der Waals surface area contributed by atoms with Crippen molar-refractivity contribution in [3.8, 4) is 0 Å². The van der Waals surface area contributed by atoms with E-state index in [2.05, 4.69) is 69.0 Å². The van der Waals surface area contributed by atoms with Gasteiger partial charge in [-0.15, -0.1) is 0 Å². The van der Waals surface area contributed by atoms with Crippen LogP contribution in [0.2, 0.25) is 0 Å². The zero-order chi connectivity index (χ0) is 18.6. The maximum Gasteiger partial charge on any atom is -0.0187 e. The highest BCUT2D eigenvalue weighted by Gasteiger charge is 1.94. The van der Waals surface area contributed by atoms with Crippen molar-refractivity contribution in [3.63, 3.8) is 0 Å². The van der Waals surface area contributed by atoms with Crippen LogP contribution in [0, 0.1) is 0 Å². The number of hydrogen-bond acceptors (Lipinski definition) is 0. The van der Waals surface area contributed by atoms with Gasteiger partial charge in [0, 0.05) is 0 Å². The molecule has 24 heavy (non-hydrogen) atoms. The van der Waals surface area contributed by atoms with Gasteiger partial charge < -0.3 is 0 Å². The van der Waals surface area contributed by atoms with Gasteiger partial charge in [-0.05, 0) is 37.8 Å². The number of rotatable bonds is 6. The van der Waals surface area contributed by atoms with Crippen LogP contribution >= 0.6 is 0 Å². The molecule has 1 aromatic carbocycles. The van der Waals surface area contributed by atoms with Gasteiger partial charge in [0.1, 0.15) is 0 Å². The highest BCUT2D eigenvalue weighted by molar-refractivity contribution is 5.73. The van der Waals surface area contributed by atoms with Gasteiger partial charge >= 0.3 is 0 Å². The molecule has 132 valence electrons. The van der Waals surface area contributed by atoms with Gasteiger partial charge in [0.15, 0.2) is 0 Å². The summed E-state index contributed by atoms with van der Waals surface area (Å²) >= 11 is 0. The van der Waals surface area contributed by atoms with E-state index in [4.69, 9.17) is 0 Å². The van der Waals surface area contributed by atoms with Crippen molar-refractivity contribution in [2.24, 2.45) is 0 Å². The van der Waals surface area contributed by atoms with E-state index in [1.165, 1.54) is 16.7 Å². The molecule has 0 aliphatic rings. The SMILES string of the molecule is C=C/C(C)=C\C=C/C.CC.CC/C=C\C(=C/CC)c1ccccc1. The molecule has 0 unspecified atom stereocenters. The maximum atomic E-state index is 3.61. The van der Waals surface area contributed by atoms with Gasteiger partial charge in [-0.3, -0.25) is 0 Å². The van der Waals surface area contributed by atoms with E-state index in [-0.39, 0.29) is 0 Å². The van der Waals surface area contributed by atoms with Crippen LogP contribution in [0.1, 0.15) is 59.9 Å². The van der Waals surface area contributed by atoms with Crippen LogP contribution in [-0.4, -0.2) is 0 Å². The van der Waals surface area contributed by atoms with Crippen molar-refractivity contribution in [3.05, 3.63) is 90.6 Å². The average molecular weight is 325 g/mol. The molecule has 0 saturated heterocycles. The fourth-order valence-electron chi connectivity index (χ4n) is 1.69. The van der Waals surface area contributed by atoms with E-state index in [0.29, 0.717) is 0 Å². The van der Waals surface area contributed by atoms with E-state index in [1.807, 2.05) is 52.0 Å². The summed E-state index contributed by atoms with van der Waals surface area (Å²) in [6.07, 6.45) is 16.7. The first-order valence-corrected chi connectivity index (χ1v) is 9.03. The Kier molecular flexibility index (Phi) is 19.1. The van der Waals surface area contributed by atoms with Crippen molar-refractivity contribution in [1.82, 2.24) is 0 Å². The fraction of sp³-hybridized carbons (Fsp3) is 0.333. The minimum absolute atomic E-state index is 1.08. The van der Waals surface area contributed by atoms with Crippen molar-refractivity contribution in [1.29, 1.82) is 0 Å². The molecule has 1 rings (SSSR count). The second kappa shape index (κ2) is 19.0. The summed E-state index contributed by atoms with van der Waals surface area (Å²) in [4.78, 5) is 0. The topological polar surface area (TPSA) is 0 Å². The Labute approximate surface area is 151 Å². The molecule has 0 heteroatoms. The quantitative estimate of drug-likeness (QED) is 0.463. The lowest BCUT2D eigenvalue weighted by Crippen LogP contribution is -1.79. The molecule has 0 radical (unpaired) electrons. The van der Waals surface area contributed by atoms with Crippen LogP contribution in [0.25, 0.3) is 5.57 Å². The predicted octanol–water partition coefficient (Wildman–Crippen LogP) is 8.17. The summed E-state index contributed by atoms with van der Waals surface area (Å²) in [5.74, 6) is 0. The summed E-state index contributed by atoms with van der Waals surface area (Å²) in [6, 6.07) is 10.5. The molecule has 0 bridgehead atoms. The molecule has 1 aromatic rings. The Bertz CT molecular complexity index is 510. The Morgan fingerprint density at radius 1 is 1.04 bits per heavy atom. The molecule has 0 atom stereocenters. The van der Waals surface area contributed by atoms with E-state index in [9.17, 15) is 0 Å². The van der Waals surface area contributed by atoms with Gasteiger partial charge in [0.05, 0.1) is 0 Å². The van der Waals surface area contributed by atoms with Crippen molar-refractivity contribution in [2.75, 3.05) is 0 Å². The summed E-state index contributed by atoms with van der Waals surface area (Å²) < 4.78 is 0. The third-order valence-corrected chi connectivity index (χ3v) is 2.94. The average Bonchev–Trinajstić information content (AvgIpc) is 2.66. The molecule has 0 aliphatic heterocycles. The van der Waals surface area contributed by atoms with Gasteiger partial charge in [0.25, 0.3) is 0 Å². The van der Waals surface area contributed by atoms with Crippen molar-refractivity contribution < 1.29 is 0 Å². The van der Waals surface area contributed by atoms with Crippen LogP contribution in [0.15, 0.2) is 85.0 Å². The molecule has 0 aliphatic carbocycles. The van der Waals surface area contributed by atoms with Crippen LogP contribution in [0.5, 0.6) is 0 Å². The van der Waals surface area contributed by atoms with E-state index < -0.39 is 0 Å². The highest BCUT2D eigenvalue weighted by Crippen LogP contribution is 2.16. The molecule has 0 spiro atoms. The van der Waals surface area contributed by atoms with E-state index >= 15 is 0 Å². The Morgan fingerprint density at radius 3 is 2.12 bits per heavy atom. The van der Waals surface area contributed by atoms with E-state index in [1.54, 1.807) is 0 Å². The minimum atomic E-state index is 1.08. The monoisotopic (exact) mass is 324 g/mol. The molecule has 0 N–H and O–H groups in total. The molecule has 0 fully saturated rings. The normalized spacial score (nSPS) is 11.6. The Morgan fingerprint density at radius 2 is 1.67 bits per heavy atom. The summed E-state index contributed by atoms with van der Waals surface area (Å²) in [5, 5.41) is 0. The standard InChI is InChI=1S/C14H18.C8H12.C2H6/c1-3-5-10-13(9-4-2)14-11-7-6-8-12-14;1-4-6-7-8(3)5-2;1-2/h5-12H,3-4H2,1-2H3;4-7H,2H2,1,3H3;1-2H3/b10-5-,13-9+;6-4-,8-7-;. The van der Waals surface area contributed by atoms with Gasteiger partial charge in [0.2, 0.25) is 0 Å². The molecule has 0 amide bonds. The van der Waals surface area contributed by atoms with E-state index in [0.717, 1.165) is 12.8 Å². The van der Waals surface area contributed by atoms with Crippen molar-refractivity contribution in [2.45, 2.75) is 54.4 Å². The van der Waals surface area contributed by atoms with Gasteiger partial charge in [-0.1, -0.05) is 113 Å². The lowest BCUT2D eigenvalue weighted by Gasteiger charge is -2.01. The largest absolute Gasteiger partial charge is 0.0988 e.